The van der Waals surface area contributed by atoms with Crippen LogP contribution < -0.4 is 0 Å². The van der Waals surface area contributed by atoms with Crippen LogP contribution in [-0.4, -0.2) is 13.3 Å². The molecule has 0 aliphatic carbocycles. The van der Waals surface area contributed by atoms with Gasteiger partial charge in [0.25, 0.3) is 0 Å². The molecule has 11 heavy (non-hydrogen) atoms. The zero-order valence-corrected chi connectivity index (χ0v) is 6.63. The summed E-state index contributed by atoms with van der Waals surface area (Å²) in [5.41, 5.74) is 1.49. The SMILES string of the molecule is CN=Cc1cccc(F)c1C. The van der Waals surface area contributed by atoms with E-state index in [1.54, 1.807) is 26.3 Å². The van der Waals surface area contributed by atoms with Gasteiger partial charge in [0.05, 0.1) is 0 Å². The van der Waals surface area contributed by atoms with Crippen molar-refractivity contribution in [2.75, 3.05) is 7.05 Å². The maximum absolute atomic E-state index is 12.8. The molecule has 1 aromatic rings. The van der Waals surface area contributed by atoms with E-state index in [9.17, 15) is 4.39 Å². The van der Waals surface area contributed by atoms with Crippen LogP contribution in [0.4, 0.5) is 4.39 Å². The van der Waals surface area contributed by atoms with Crippen molar-refractivity contribution in [3.8, 4) is 0 Å². The highest BCUT2D eigenvalue weighted by Gasteiger charge is 1.98. The Morgan fingerprint density at radius 3 is 2.82 bits per heavy atom. The number of nitrogens with zero attached hydrogens (tertiary/aromatic N) is 1. The highest BCUT2D eigenvalue weighted by atomic mass is 19.1. The van der Waals surface area contributed by atoms with Gasteiger partial charge < -0.3 is 0 Å². The molecule has 1 nitrogen and oxygen atoms in total. The fraction of sp³-hybridized carbons (Fsp3) is 0.222. The Bertz CT molecular complexity index is 279. The molecule has 0 bridgehead atoms. The van der Waals surface area contributed by atoms with Gasteiger partial charge in [0.15, 0.2) is 0 Å². The first kappa shape index (κ1) is 7.92. The summed E-state index contributed by atoms with van der Waals surface area (Å²) in [6.45, 7) is 1.74. The van der Waals surface area contributed by atoms with E-state index in [4.69, 9.17) is 0 Å². The first-order valence-electron chi connectivity index (χ1n) is 3.43. The highest BCUT2D eigenvalue weighted by molar-refractivity contribution is 5.81. The summed E-state index contributed by atoms with van der Waals surface area (Å²) < 4.78 is 12.8. The molecule has 0 fully saturated rings. The van der Waals surface area contributed by atoms with Crippen molar-refractivity contribution >= 4 is 6.21 Å². The number of halogens is 1. The molecule has 0 unspecified atom stereocenters. The average molecular weight is 151 g/mol. The van der Waals surface area contributed by atoms with E-state index in [1.165, 1.54) is 6.07 Å². The van der Waals surface area contributed by atoms with Gasteiger partial charge >= 0.3 is 0 Å². The molecule has 1 aromatic carbocycles. The van der Waals surface area contributed by atoms with Gasteiger partial charge in [-0.3, -0.25) is 4.99 Å². The van der Waals surface area contributed by atoms with Crippen LogP contribution in [0.25, 0.3) is 0 Å². The predicted octanol–water partition coefficient (Wildman–Crippen LogP) is 2.18. The summed E-state index contributed by atoms with van der Waals surface area (Å²) in [4.78, 5) is 3.82. The van der Waals surface area contributed by atoms with Crippen molar-refractivity contribution in [2.24, 2.45) is 4.99 Å². The largest absolute Gasteiger partial charge is 0.296 e. The van der Waals surface area contributed by atoms with Crippen molar-refractivity contribution < 1.29 is 4.39 Å². The van der Waals surface area contributed by atoms with E-state index in [-0.39, 0.29) is 5.82 Å². The zero-order valence-electron chi connectivity index (χ0n) is 6.63. The molecule has 0 N–H and O–H groups in total. The van der Waals surface area contributed by atoms with Crippen LogP contribution in [0.3, 0.4) is 0 Å². The summed E-state index contributed by atoms with van der Waals surface area (Å²) in [7, 11) is 1.67. The zero-order chi connectivity index (χ0) is 8.27. The predicted molar refractivity (Wildman–Crippen MR) is 44.7 cm³/mol. The van der Waals surface area contributed by atoms with Crippen molar-refractivity contribution in [3.05, 3.63) is 35.1 Å². The number of aliphatic imine (C=N–C) groups is 1. The molecule has 0 radical (unpaired) electrons. The standard InChI is InChI=1S/C9H10FN/c1-7-8(6-11-2)4-3-5-9(7)10/h3-6H,1-2H3. The van der Waals surface area contributed by atoms with E-state index in [2.05, 4.69) is 4.99 Å². The Labute approximate surface area is 65.6 Å². The molecule has 0 aliphatic heterocycles. The van der Waals surface area contributed by atoms with Crippen molar-refractivity contribution in [3.63, 3.8) is 0 Å². The first-order valence-corrected chi connectivity index (χ1v) is 3.43. The number of hydrogen-bond donors (Lipinski definition) is 0. The van der Waals surface area contributed by atoms with Gasteiger partial charge in [-0.05, 0) is 24.1 Å². The van der Waals surface area contributed by atoms with E-state index in [0.29, 0.717) is 5.56 Å². The first-order chi connectivity index (χ1) is 5.25. The van der Waals surface area contributed by atoms with Gasteiger partial charge in [-0.1, -0.05) is 12.1 Å². The van der Waals surface area contributed by atoms with Crippen LogP contribution in [0.2, 0.25) is 0 Å². The maximum Gasteiger partial charge on any atom is 0.126 e. The minimum absolute atomic E-state index is 0.178. The maximum atomic E-state index is 12.8. The Hall–Kier alpha value is -1.18. The molecule has 0 amide bonds. The van der Waals surface area contributed by atoms with Gasteiger partial charge in [-0.15, -0.1) is 0 Å². The molecule has 0 spiro atoms. The van der Waals surface area contributed by atoms with Crippen LogP contribution in [0, 0.1) is 12.7 Å². The van der Waals surface area contributed by atoms with Crippen molar-refractivity contribution in [1.82, 2.24) is 0 Å². The van der Waals surface area contributed by atoms with E-state index >= 15 is 0 Å². The number of rotatable bonds is 1. The van der Waals surface area contributed by atoms with E-state index in [0.717, 1.165) is 5.56 Å². The average Bonchev–Trinajstić information content (AvgIpc) is 1.99. The number of benzene rings is 1. The quantitative estimate of drug-likeness (QED) is 0.545. The van der Waals surface area contributed by atoms with Gasteiger partial charge in [-0.2, -0.15) is 0 Å². The molecule has 0 heterocycles. The van der Waals surface area contributed by atoms with Crippen molar-refractivity contribution in [2.45, 2.75) is 6.92 Å². The van der Waals surface area contributed by atoms with Gasteiger partial charge in [-0.25, -0.2) is 4.39 Å². The minimum Gasteiger partial charge on any atom is -0.296 e. The summed E-state index contributed by atoms with van der Waals surface area (Å²) >= 11 is 0. The van der Waals surface area contributed by atoms with Crippen LogP contribution in [-0.2, 0) is 0 Å². The smallest absolute Gasteiger partial charge is 0.126 e. The molecule has 0 atom stereocenters. The molecule has 2 heteroatoms. The lowest BCUT2D eigenvalue weighted by Crippen LogP contribution is -1.89. The van der Waals surface area contributed by atoms with Crippen LogP contribution in [0.5, 0.6) is 0 Å². The third-order valence-electron chi connectivity index (χ3n) is 1.58. The molecule has 58 valence electrons. The summed E-state index contributed by atoms with van der Waals surface area (Å²) in [6, 6.07) is 4.97. The van der Waals surface area contributed by atoms with Crippen LogP contribution in [0.15, 0.2) is 23.2 Å². The molecule has 1 rings (SSSR count). The van der Waals surface area contributed by atoms with Crippen LogP contribution in [0.1, 0.15) is 11.1 Å². The Morgan fingerprint density at radius 1 is 1.45 bits per heavy atom. The molecular weight excluding hydrogens is 141 g/mol. The lowest BCUT2D eigenvalue weighted by molar-refractivity contribution is 0.618. The second kappa shape index (κ2) is 3.28. The summed E-state index contributed by atoms with van der Waals surface area (Å²) in [5, 5.41) is 0. The van der Waals surface area contributed by atoms with E-state index < -0.39 is 0 Å². The Kier molecular flexibility index (Phi) is 2.36. The van der Waals surface area contributed by atoms with Gasteiger partial charge in [0.2, 0.25) is 0 Å². The summed E-state index contributed by atoms with van der Waals surface area (Å²) in [6.07, 6.45) is 1.65. The van der Waals surface area contributed by atoms with Gasteiger partial charge in [0, 0.05) is 13.3 Å². The lowest BCUT2D eigenvalue weighted by atomic mass is 10.1. The monoisotopic (exact) mass is 151 g/mol. The Balaban J connectivity index is 3.16. The Morgan fingerprint density at radius 2 is 2.18 bits per heavy atom. The van der Waals surface area contributed by atoms with Gasteiger partial charge in [0.1, 0.15) is 5.82 Å². The topological polar surface area (TPSA) is 12.4 Å². The second-order valence-corrected chi connectivity index (χ2v) is 2.34. The van der Waals surface area contributed by atoms with Crippen LogP contribution >= 0.6 is 0 Å². The van der Waals surface area contributed by atoms with E-state index in [1.807, 2.05) is 6.07 Å². The molecule has 0 saturated heterocycles. The second-order valence-electron chi connectivity index (χ2n) is 2.34. The molecule has 0 saturated carbocycles. The third kappa shape index (κ3) is 1.64. The normalized spacial score (nSPS) is 10.8. The fourth-order valence-corrected chi connectivity index (χ4v) is 0.903. The molecule has 0 aromatic heterocycles. The molecule has 0 aliphatic rings. The minimum atomic E-state index is -0.178. The molecular formula is C9H10FN. The fourth-order valence-electron chi connectivity index (χ4n) is 0.903. The lowest BCUT2D eigenvalue weighted by Gasteiger charge is -1.98. The third-order valence-corrected chi connectivity index (χ3v) is 1.58. The highest BCUT2D eigenvalue weighted by Crippen LogP contribution is 2.09. The van der Waals surface area contributed by atoms with Crippen molar-refractivity contribution in [1.29, 1.82) is 0 Å². The number of hydrogen-bond acceptors (Lipinski definition) is 1. The summed E-state index contributed by atoms with van der Waals surface area (Å²) in [5.74, 6) is -0.178.